The molecule has 0 amide bonds. The molecule has 7 nitrogen and oxygen atoms in total. The van der Waals surface area contributed by atoms with E-state index in [1.807, 2.05) is 24.3 Å². The summed E-state index contributed by atoms with van der Waals surface area (Å²) in [5.41, 5.74) is 1.63. The molecule has 0 saturated carbocycles. The van der Waals surface area contributed by atoms with Crippen LogP contribution in [0.3, 0.4) is 0 Å². The van der Waals surface area contributed by atoms with Gasteiger partial charge in [-0.25, -0.2) is 0 Å². The van der Waals surface area contributed by atoms with E-state index in [2.05, 4.69) is 77.0 Å². The summed E-state index contributed by atoms with van der Waals surface area (Å²) >= 11 is 0. The molecule has 0 spiro atoms. The minimum atomic E-state index is -0.126. The highest BCUT2D eigenvalue weighted by molar-refractivity contribution is 5.87. The lowest BCUT2D eigenvalue weighted by Gasteiger charge is -2.21. The van der Waals surface area contributed by atoms with Gasteiger partial charge in [0.25, 0.3) is 0 Å². The van der Waals surface area contributed by atoms with Gasteiger partial charge in [-0.1, -0.05) is 84.4 Å². The number of aldehydes is 1. The Morgan fingerprint density at radius 3 is 2.08 bits per heavy atom. The largest absolute Gasteiger partial charge is 0.496 e. The molecular formula is C33H58N2O5. The summed E-state index contributed by atoms with van der Waals surface area (Å²) in [6, 6.07) is 12.3. The highest BCUT2D eigenvalue weighted by Crippen LogP contribution is 2.26. The van der Waals surface area contributed by atoms with Crippen molar-refractivity contribution in [3.63, 3.8) is 0 Å². The van der Waals surface area contributed by atoms with E-state index in [0.29, 0.717) is 11.7 Å². The van der Waals surface area contributed by atoms with E-state index in [-0.39, 0.29) is 18.9 Å². The first kappa shape index (κ1) is 39.9. The fraction of sp³-hybridized carbons (Fsp3) is 0.606. The molecule has 1 heterocycles. The fourth-order valence-corrected chi connectivity index (χ4v) is 3.22. The van der Waals surface area contributed by atoms with E-state index < -0.39 is 0 Å². The van der Waals surface area contributed by atoms with Crippen LogP contribution in [-0.2, 0) is 14.3 Å². The van der Waals surface area contributed by atoms with E-state index in [4.69, 9.17) is 19.3 Å². The van der Waals surface area contributed by atoms with E-state index in [1.165, 1.54) is 30.0 Å². The number of aliphatic hydroxyl groups is 1. The van der Waals surface area contributed by atoms with Crippen LogP contribution in [0.5, 0.6) is 5.75 Å². The van der Waals surface area contributed by atoms with Crippen LogP contribution in [0.15, 0.2) is 43.0 Å². The van der Waals surface area contributed by atoms with Crippen molar-refractivity contribution in [2.45, 2.75) is 72.8 Å². The van der Waals surface area contributed by atoms with Gasteiger partial charge < -0.3 is 29.4 Å². The number of aliphatic hydroxyl groups excluding tert-OH is 1. The first-order valence-corrected chi connectivity index (χ1v) is 14.3. The third-order valence-electron chi connectivity index (χ3n) is 6.42. The molecule has 0 aliphatic carbocycles. The molecule has 1 aliphatic heterocycles. The van der Waals surface area contributed by atoms with Crippen molar-refractivity contribution in [2.24, 2.45) is 5.41 Å². The van der Waals surface area contributed by atoms with Crippen LogP contribution < -0.4 is 15.4 Å². The number of ether oxygens (including phenoxy) is 3. The number of hydrogen-bond donors (Lipinski definition) is 3. The molecule has 1 fully saturated rings. The average molecular weight is 563 g/mol. The van der Waals surface area contributed by atoms with Gasteiger partial charge in [0, 0.05) is 32.9 Å². The number of benzene rings is 2. The topological polar surface area (TPSA) is 89.0 Å². The van der Waals surface area contributed by atoms with Crippen molar-refractivity contribution in [1.82, 2.24) is 10.6 Å². The zero-order valence-electron chi connectivity index (χ0n) is 26.8. The molecule has 7 heteroatoms. The van der Waals surface area contributed by atoms with Gasteiger partial charge in [-0.15, -0.1) is 0 Å². The Morgan fingerprint density at radius 2 is 1.73 bits per heavy atom. The summed E-state index contributed by atoms with van der Waals surface area (Å²) in [4.78, 5) is 9.39. The molecule has 230 valence electrons. The quantitative estimate of drug-likeness (QED) is 0.174. The molecule has 1 saturated heterocycles. The standard InChI is InChI=1S/C13H12O.C8H18O.C6H13NO.C3H7NO2.C3H8/c1-3-10-8-11-6-4-5-7-12(11)9-13(10)14-2;1-5-8(2,3)6-7-9-4;1-6(8-2)3-4-7-5-6;5-2-1-4-3-6;1-3-2/h3-9H,1H2,2H3;5-7H2,1-4H3;7H,3-5H2,1-2H3;2,4,6H,1,3H2;3H2,1-2H3. The van der Waals surface area contributed by atoms with Crippen molar-refractivity contribution >= 4 is 23.1 Å². The van der Waals surface area contributed by atoms with Crippen LogP contribution in [0.25, 0.3) is 16.8 Å². The summed E-state index contributed by atoms with van der Waals surface area (Å²) in [5.74, 6) is 0.874. The second-order valence-electron chi connectivity index (χ2n) is 10.5. The zero-order chi connectivity index (χ0) is 30.9. The molecule has 2 aromatic rings. The Hall–Kier alpha value is -2.29. The van der Waals surface area contributed by atoms with Gasteiger partial charge in [-0.05, 0) is 54.6 Å². The lowest BCUT2D eigenvalue weighted by molar-refractivity contribution is -0.107. The number of nitrogens with one attached hydrogen (secondary N) is 2. The van der Waals surface area contributed by atoms with Crippen molar-refractivity contribution < 1.29 is 24.1 Å². The molecule has 3 rings (SSSR count). The molecule has 0 bridgehead atoms. The van der Waals surface area contributed by atoms with Crippen molar-refractivity contribution in [2.75, 3.05) is 54.3 Å². The highest BCUT2D eigenvalue weighted by Gasteiger charge is 2.27. The predicted molar refractivity (Wildman–Crippen MR) is 171 cm³/mol. The van der Waals surface area contributed by atoms with Gasteiger partial charge in [0.2, 0.25) is 0 Å². The molecule has 0 aromatic heterocycles. The van der Waals surface area contributed by atoms with Crippen LogP contribution in [-0.4, -0.2) is 71.3 Å². The maximum atomic E-state index is 9.39. The summed E-state index contributed by atoms with van der Waals surface area (Å²) in [5, 5.41) is 16.0. The van der Waals surface area contributed by atoms with E-state index >= 15 is 0 Å². The first-order valence-electron chi connectivity index (χ1n) is 14.3. The minimum Gasteiger partial charge on any atom is -0.496 e. The first-order chi connectivity index (χ1) is 19.1. The van der Waals surface area contributed by atoms with E-state index in [9.17, 15) is 4.79 Å². The van der Waals surface area contributed by atoms with Gasteiger partial charge in [0.15, 0.2) is 0 Å². The number of hydrogen-bond acceptors (Lipinski definition) is 7. The average Bonchev–Trinajstić information content (AvgIpc) is 3.42. The number of carbonyl (C=O) groups excluding carboxylic acids is 1. The Bertz CT molecular complexity index is 896. The van der Waals surface area contributed by atoms with Crippen LogP contribution in [0, 0.1) is 5.41 Å². The Labute approximate surface area is 244 Å². The van der Waals surface area contributed by atoms with Gasteiger partial charge in [0.05, 0.1) is 26.0 Å². The molecule has 1 atom stereocenters. The molecule has 1 aliphatic rings. The maximum Gasteiger partial charge on any atom is 0.133 e. The third-order valence-corrected chi connectivity index (χ3v) is 6.42. The Morgan fingerprint density at radius 1 is 1.12 bits per heavy atom. The fourth-order valence-electron chi connectivity index (χ4n) is 3.22. The summed E-state index contributed by atoms with van der Waals surface area (Å²) < 4.78 is 15.5. The van der Waals surface area contributed by atoms with Crippen LogP contribution >= 0.6 is 0 Å². The number of methoxy groups -OCH3 is 3. The SMILES string of the molecule is C=Cc1cc2ccccc2cc1OC.CCC.CCC(C)(C)CCOC.COC1(C)CCNC1.O=CCNCO. The van der Waals surface area contributed by atoms with Gasteiger partial charge in [-0.3, -0.25) is 5.32 Å². The van der Waals surface area contributed by atoms with E-state index in [1.54, 1.807) is 21.3 Å². The lowest BCUT2D eigenvalue weighted by atomic mass is 9.87. The summed E-state index contributed by atoms with van der Waals surface area (Å²) in [7, 11) is 5.20. The lowest BCUT2D eigenvalue weighted by Crippen LogP contribution is -2.29. The van der Waals surface area contributed by atoms with Crippen molar-refractivity contribution in [3.8, 4) is 5.75 Å². The molecule has 3 N–H and O–H groups in total. The number of carbonyl (C=O) groups is 1. The monoisotopic (exact) mass is 562 g/mol. The summed E-state index contributed by atoms with van der Waals surface area (Å²) in [6.07, 6.45) is 7.29. The molecule has 2 aromatic carbocycles. The van der Waals surface area contributed by atoms with E-state index in [0.717, 1.165) is 37.4 Å². The Balaban J connectivity index is 0. The highest BCUT2D eigenvalue weighted by atomic mass is 16.5. The Kier molecular flexibility index (Phi) is 24.4. The van der Waals surface area contributed by atoms with Crippen LogP contribution in [0.1, 0.15) is 72.8 Å². The normalized spacial score (nSPS) is 15.6. The third kappa shape index (κ3) is 18.9. The minimum absolute atomic E-state index is 0.125. The van der Waals surface area contributed by atoms with Crippen molar-refractivity contribution in [3.05, 3.63) is 48.5 Å². The maximum absolute atomic E-state index is 9.39. The van der Waals surface area contributed by atoms with Crippen LogP contribution in [0.4, 0.5) is 0 Å². The molecular weight excluding hydrogens is 504 g/mol. The zero-order valence-corrected chi connectivity index (χ0v) is 26.8. The summed E-state index contributed by atoms with van der Waals surface area (Å²) in [6.45, 7) is 20.0. The number of fused-ring (bicyclic) bond motifs is 1. The predicted octanol–water partition coefficient (Wildman–Crippen LogP) is 6.48. The number of rotatable bonds is 10. The van der Waals surface area contributed by atoms with Crippen molar-refractivity contribution in [1.29, 1.82) is 0 Å². The molecule has 40 heavy (non-hydrogen) atoms. The smallest absolute Gasteiger partial charge is 0.133 e. The van der Waals surface area contributed by atoms with Gasteiger partial charge >= 0.3 is 0 Å². The second kappa shape index (κ2) is 24.5. The second-order valence-corrected chi connectivity index (χ2v) is 10.5. The van der Waals surface area contributed by atoms with Crippen LogP contribution in [0.2, 0.25) is 0 Å². The van der Waals surface area contributed by atoms with Gasteiger partial charge in [0.1, 0.15) is 12.0 Å². The molecule has 0 radical (unpaired) electrons. The molecule has 1 unspecified atom stereocenters. The van der Waals surface area contributed by atoms with Gasteiger partial charge in [-0.2, -0.15) is 0 Å².